The fraction of sp³-hybridized carbons (Fsp3) is 0.111. The largest absolute Gasteiger partial charge is 0.277 e. The molecule has 0 radical (unpaired) electrons. The zero-order valence-corrected chi connectivity index (χ0v) is 6.28. The van der Waals surface area contributed by atoms with Crippen LogP contribution in [0.5, 0.6) is 0 Å². The van der Waals surface area contributed by atoms with E-state index in [1.807, 2.05) is 36.4 Å². The van der Waals surface area contributed by atoms with E-state index in [-0.39, 0.29) is 0 Å². The van der Waals surface area contributed by atoms with Gasteiger partial charge in [-0.1, -0.05) is 30.3 Å². The summed E-state index contributed by atoms with van der Waals surface area (Å²) in [5, 5.41) is 8.60. The molecule has 0 saturated heterocycles. The highest BCUT2D eigenvalue weighted by molar-refractivity contribution is 6.11. The Bertz CT molecular complexity index is 293. The zero-order valence-electron chi connectivity index (χ0n) is 6.28. The van der Waals surface area contributed by atoms with Crippen LogP contribution >= 0.6 is 0 Å². The quantitative estimate of drug-likeness (QED) is 0.552. The molecule has 0 N–H and O–H groups in total. The second kappa shape index (κ2) is 3.52. The first-order chi connectivity index (χ1) is 5.38. The third kappa shape index (κ3) is 1.65. The van der Waals surface area contributed by atoms with Crippen molar-refractivity contribution in [3.8, 4) is 6.07 Å². The van der Waals surface area contributed by atoms with Crippen LogP contribution in [0.4, 0.5) is 0 Å². The van der Waals surface area contributed by atoms with Crippen molar-refractivity contribution >= 4 is 5.71 Å². The van der Waals surface area contributed by atoms with Gasteiger partial charge in [0.05, 0.1) is 0 Å². The Morgan fingerprint density at radius 3 is 2.45 bits per heavy atom. The maximum atomic E-state index is 8.60. The van der Waals surface area contributed by atoms with E-state index in [9.17, 15) is 0 Å². The summed E-state index contributed by atoms with van der Waals surface area (Å²) in [6, 6.07) is 11.4. The molecule has 1 rings (SSSR count). The summed E-state index contributed by atoms with van der Waals surface area (Å²) in [6.45, 7) is 0. The van der Waals surface area contributed by atoms with Gasteiger partial charge in [-0.3, -0.25) is 4.99 Å². The number of nitrogens with zero attached hydrogens (tertiary/aromatic N) is 2. The number of benzene rings is 1. The Morgan fingerprint density at radius 2 is 2.00 bits per heavy atom. The molecular formula is C9H8N2. The first-order valence-corrected chi connectivity index (χ1v) is 3.31. The van der Waals surface area contributed by atoms with Crippen molar-refractivity contribution in [1.29, 1.82) is 5.26 Å². The number of rotatable bonds is 1. The first-order valence-electron chi connectivity index (χ1n) is 3.31. The van der Waals surface area contributed by atoms with Crippen LogP contribution < -0.4 is 0 Å². The predicted octanol–water partition coefficient (Wildman–Crippen LogP) is 1.63. The third-order valence-electron chi connectivity index (χ3n) is 1.38. The van der Waals surface area contributed by atoms with Gasteiger partial charge in [0.2, 0.25) is 0 Å². The molecule has 0 aromatic heterocycles. The van der Waals surface area contributed by atoms with Crippen molar-refractivity contribution in [1.82, 2.24) is 0 Å². The fourth-order valence-corrected chi connectivity index (χ4v) is 0.840. The molecule has 0 amide bonds. The summed E-state index contributed by atoms with van der Waals surface area (Å²) in [6.07, 6.45) is 0. The summed E-state index contributed by atoms with van der Waals surface area (Å²) >= 11 is 0. The van der Waals surface area contributed by atoms with E-state index in [2.05, 4.69) is 4.99 Å². The molecule has 0 aliphatic heterocycles. The number of aliphatic imine (C=N–C) groups is 1. The van der Waals surface area contributed by atoms with Crippen molar-refractivity contribution in [3.05, 3.63) is 35.9 Å². The van der Waals surface area contributed by atoms with Gasteiger partial charge in [0, 0.05) is 12.6 Å². The molecular weight excluding hydrogens is 136 g/mol. The lowest BCUT2D eigenvalue weighted by atomic mass is 10.1. The van der Waals surface area contributed by atoms with Crippen molar-refractivity contribution in [2.24, 2.45) is 4.99 Å². The summed E-state index contributed by atoms with van der Waals surface area (Å²) in [7, 11) is 1.62. The first kappa shape index (κ1) is 7.49. The minimum absolute atomic E-state index is 0.477. The molecule has 1 aromatic carbocycles. The normalized spacial score (nSPS) is 10.7. The third-order valence-corrected chi connectivity index (χ3v) is 1.38. The van der Waals surface area contributed by atoms with Crippen LogP contribution in [0, 0.1) is 11.3 Å². The molecule has 0 spiro atoms. The standard InChI is InChI=1S/C9H8N2/c1-11-9(7-10)8-5-3-2-4-6-8/h2-6H,1H3/b11-9+. The lowest BCUT2D eigenvalue weighted by molar-refractivity contribution is 1.42. The van der Waals surface area contributed by atoms with Crippen molar-refractivity contribution in [3.63, 3.8) is 0 Å². The van der Waals surface area contributed by atoms with Crippen molar-refractivity contribution < 1.29 is 0 Å². The molecule has 2 heteroatoms. The van der Waals surface area contributed by atoms with Gasteiger partial charge >= 0.3 is 0 Å². The molecule has 1 aromatic rings. The van der Waals surface area contributed by atoms with Gasteiger partial charge in [-0.15, -0.1) is 0 Å². The van der Waals surface area contributed by atoms with Gasteiger partial charge in [-0.25, -0.2) is 0 Å². The molecule has 0 atom stereocenters. The molecule has 0 heterocycles. The number of hydrogen-bond acceptors (Lipinski definition) is 2. The Morgan fingerprint density at radius 1 is 1.36 bits per heavy atom. The number of nitriles is 1. The van der Waals surface area contributed by atoms with Crippen molar-refractivity contribution in [2.45, 2.75) is 0 Å². The van der Waals surface area contributed by atoms with Gasteiger partial charge in [-0.2, -0.15) is 5.26 Å². The van der Waals surface area contributed by atoms with E-state index in [0.717, 1.165) is 5.56 Å². The zero-order chi connectivity index (χ0) is 8.10. The summed E-state index contributed by atoms with van der Waals surface area (Å²) in [5.74, 6) is 0. The molecule has 0 saturated carbocycles. The van der Waals surface area contributed by atoms with E-state index >= 15 is 0 Å². The second-order valence-corrected chi connectivity index (χ2v) is 2.05. The van der Waals surface area contributed by atoms with Crippen LogP contribution in [0.3, 0.4) is 0 Å². The molecule has 0 fully saturated rings. The Balaban J connectivity index is 3.05. The van der Waals surface area contributed by atoms with Crippen LogP contribution in [0.25, 0.3) is 0 Å². The van der Waals surface area contributed by atoms with Gasteiger partial charge in [0.1, 0.15) is 11.8 Å². The van der Waals surface area contributed by atoms with Gasteiger partial charge < -0.3 is 0 Å². The SMILES string of the molecule is C/N=C(\C#N)c1ccccc1. The lowest BCUT2D eigenvalue weighted by Crippen LogP contribution is -1.95. The number of hydrogen-bond donors (Lipinski definition) is 0. The Labute approximate surface area is 65.8 Å². The second-order valence-electron chi connectivity index (χ2n) is 2.05. The van der Waals surface area contributed by atoms with E-state index in [0.29, 0.717) is 5.71 Å². The Hall–Kier alpha value is -1.62. The molecule has 0 bridgehead atoms. The molecule has 2 nitrogen and oxygen atoms in total. The van der Waals surface area contributed by atoms with Crippen molar-refractivity contribution in [2.75, 3.05) is 7.05 Å². The minimum Gasteiger partial charge on any atom is -0.277 e. The molecule has 0 unspecified atom stereocenters. The van der Waals surface area contributed by atoms with Crippen LogP contribution in [0.15, 0.2) is 35.3 Å². The molecule has 0 aliphatic carbocycles. The fourth-order valence-electron chi connectivity index (χ4n) is 0.840. The average Bonchev–Trinajstić information content (AvgIpc) is 2.09. The van der Waals surface area contributed by atoms with E-state index in [1.54, 1.807) is 7.05 Å². The van der Waals surface area contributed by atoms with Crippen LogP contribution in [-0.2, 0) is 0 Å². The highest BCUT2D eigenvalue weighted by atomic mass is 14.7. The summed E-state index contributed by atoms with van der Waals surface area (Å²) in [5.41, 5.74) is 1.35. The van der Waals surface area contributed by atoms with E-state index in [4.69, 9.17) is 5.26 Å². The highest BCUT2D eigenvalue weighted by Crippen LogP contribution is 1.99. The topological polar surface area (TPSA) is 36.1 Å². The minimum atomic E-state index is 0.477. The van der Waals surface area contributed by atoms with E-state index < -0.39 is 0 Å². The van der Waals surface area contributed by atoms with Gasteiger partial charge in [-0.05, 0) is 0 Å². The summed E-state index contributed by atoms with van der Waals surface area (Å²) in [4.78, 5) is 3.83. The van der Waals surface area contributed by atoms with E-state index in [1.165, 1.54) is 0 Å². The van der Waals surface area contributed by atoms with Crippen LogP contribution in [0.2, 0.25) is 0 Å². The van der Waals surface area contributed by atoms with Crippen LogP contribution in [-0.4, -0.2) is 12.8 Å². The molecule has 11 heavy (non-hydrogen) atoms. The highest BCUT2D eigenvalue weighted by Gasteiger charge is 1.96. The molecule has 54 valence electrons. The van der Waals surface area contributed by atoms with Crippen LogP contribution in [0.1, 0.15) is 5.56 Å². The maximum Gasteiger partial charge on any atom is 0.142 e. The predicted molar refractivity (Wildman–Crippen MR) is 44.5 cm³/mol. The molecule has 0 aliphatic rings. The maximum absolute atomic E-state index is 8.60. The smallest absolute Gasteiger partial charge is 0.142 e. The monoisotopic (exact) mass is 144 g/mol. The van der Waals surface area contributed by atoms with Gasteiger partial charge in [0.25, 0.3) is 0 Å². The summed E-state index contributed by atoms with van der Waals surface area (Å²) < 4.78 is 0. The van der Waals surface area contributed by atoms with Gasteiger partial charge in [0.15, 0.2) is 0 Å². The Kier molecular flexibility index (Phi) is 2.40. The lowest BCUT2D eigenvalue weighted by Gasteiger charge is -1.93. The average molecular weight is 144 g/mol.